The molecule has 1 nitrogen and oxygen atoms in total. The number of Topliss-reactive ketones (excluding diaryl/α,β-unsaturated/α-hetero) is 1. The fourth-order valence-electron chi connectivity index (χ4n) is 4.58. The standard InChI is InChI=1S/C19H34O/c1-3-5-6-7-8-19(20)18-12-11-16-13-15(4-2)9-10-17(16)14-18/h15-18H,3-14H2,1-2H3. The second-order valence-electron chi connectivity index (χ2n) is 7.39. The van der Waals surface area contributed by atoms with Gasteiger partial charge in [0, 0.05) is 12.3 Å². The van der Waals surface area contributed by atoms with Crippen LogP contribution >= 0.6 is 0 Å². The van der Waals surface area contributed by atoms with Gasteiger partial charge in [0.15, 0.2) is 0 Å². The van der Waals surface area contributed by atoms with Crippen LogP contribution < -0.4 is 0 Å². The van der Waals surface area contributed by atoms with Crippen molar-refractivity contribution in [3.8, 4) is 0 Å². The van der Waals surface area contributed by atoms with Gasteiger partial charge in [-0.1, -0.05) is 46.0 Å². The summed E-state index contributed by atoms with van der Waals surface area (Å²) in [5.74, 6) is 3.85. The molecule has 20 heavy (non-hydrogen) atoms. The molecule has 0 radical (unpaired) electrons. The summed E-state index contributed by atoms with van der Waals surface area (Å²) in [6.45, 7) is 4.58. The third-order valence-corrected chi connectivity index (χ3v) is 6.03. The fraction of sp³-hybridized carbons (Fsp3) is 0.947. The maximum Gasteiger partial charge on any atom is 0.135 e. The fourth-order valence-corrected chi connectivity index (χ4v) is 4.58. The first-order valence-electron chi connectivity index (χ1n) is 9.27. The Balaban J connectivity index is 1.73. The van der Waals surface area contributed by atoms with E-state index in [1.54, 1.807) is 0 Å². The van der Waals surface area contributed by atoms with Gasteiger partial charge in [-0.3, -0.25) is 4.79 Å². The lowest BCUT2D eigenvalue weighted by Crippen LogP contribution is -2.33. The van der Waals surface area contributed by atoms with E-state index in [1.165, 1.54) is 64.2 Å². The largest absolute Gasteiger partial charge is 0.299 e. The number of carbonyl (C=O) groups is 1. The van der Waals surface area contributed by atoms with Crippen LogP contribution in [0.3, 0.4) is 0 Å². The molecule has 4 unspecified atom stereocenters. The zero-order chi connectivity index (χ0) is 14.4. The van der Waals surface area contributed by atoms with Gasteiger partial charge in [0.1, 0.15) is 5.78 Å². The number of fused-ring (bicyclic) bond motifs is 1. The Morgan fingerprint density at radius 1 is 0.900 bits per heavy atom. The molecule has 1 heteroatoms. The Hall–Kier alpha value is -0.330. The van der Waals surface area contributed by atoms with Gasteiger partial charge in [-0.25, -0.2) is 0 Å². The Bertz CT molecular complexity index is 296. The van der Waals surface area contributed by atoms with E-state index in [-0.39, 0.29) is 0 Å². The summed E-state index contributed by atoms with van der Waals surface area (Å²) in [4.78, 5) is 12.4. The van der Waals surface area contributed by atoms with Gasteiger partial charge in [0.05, 0.1) is 0 Å². The van der Waals surface area contributed by atoms with Crippen molar-refractivity contribution >= 4 is 5.78 Å². The summed E-state index contributed by atoms with van der Waals surface area (Å²) >= 11 is 0. The first-order chi connectivity index (χ1) is 9.74. The lowest BCUT2D eigenvalue weighted by atomic mass is 9.63. The Kier molecular flexibility index (Phi) is 6.58. The highest BCUT2D eigenvalue weighted by atomic mass is 16.1. The number of hydrogen-bond donors (Lipinski definition) is 0. The first kappa shape index (κ1) is 16.0. The quantitative estimate of drug-likeness (QED) is 0.540. The van der Waals surface area contributed by atoms with E-state index in [2.05, 4.69) is 13.8 Å². The molecule has 2 fully saturated rings. The second-order valence-corrected chi connectivity index (χ2v) is 7.39. The van der Waals surface area contributed by atoms with Crippen LogP contribution in [0.15, 0.2) is 0 Å². The SMILES string of the molecule is CCCCCCC(=O)C1CCC2CC(CC)CCC2C1. The average Bonchev–Trinajstić information content (AvgIpc) is 2.50. The molecule has 4 atom stereocenters. The minimum atomic E-state index is 0.427. The van der Waals surface area contributed by atoms with E-state index in [0.29, 0.717) is 11.7 Å². The van der Waals surface area contributed by atoms with E-state index < -0.39 is 0 Å². The molecule has 0 N–H and O–H groups in total. The molecular weight excluding hydrogens is 244 g/mol. The monoisotopic (exact) mass is 278 g/mol. The van der Waals surface area contributed by atoms with E-state index >= 15 is 0 Å². The van der Waals surface area contributed by atoms with Crippen LogP contribution in [0.1, 0.15) is 90.9 Å². The highest BCUT2D eigenvalue weighted by molar-refractivity contribution is 5.81. The molecule has 0 heterocycles. The zero-order valence-corrected chi connectivity index (χ0v) is 13.7. The highest BCUT2D eigenvalue weighted by Crippen LogP contribution is 2.45. The number of carbonyl (C=O) groups excluding carboxylic acids is 1. The van der Waals surface area contributed by atoms with Crippen molar-refractivity contribution in [2.24, 2.45) is 23.7 Å². The van der Waals surface area contributed by atoms with Crippen molar-refractivity contribution in [2.75, 3.05) is 0 Å². The van der Waals surface area contributed by atoms with Crippen LogP contribution in [0.5, 0.6) is 0 Å². The number of ketones is 1. The zero-order valence-electron chi connectivity index (χ0n) is 13.7. The minimum Gasteiger partial charge on any atom is -0.299 e. The van der Waals surface area contributed by atoms with Crippen molar-refractivity contribution in [1.29, 1.82) is 0 Å². The van der Waals surface area contributed by atoms with Gasteiger partial charge < -0.3 is 0 Å². The molecule has 0 aliphatic heterocycles. The van der Waals surface area contributed by atoms with Gasteiger partial charge in [-0.2, -0.15) is 0 Å². The summed E-state index contributed by atoms with van der Waals surface area (Å²) in [5, 5.41) is 0. The molecule has 0 bridgehead atoms. The topological polar surface area (TPSA) is 17.1 Å². The van der Waals surface area contributed by atoms with E-state index in [4.69, 9.17) is 0 Å². The normalized spacial score (nSPS) is 33.7. The lowest BCUT2D eigenvalue weighted by molar-refractivity contribution is -0.125. The van der Waals surface area contributed by atoms with Crippen molar-refractivity contribution in [3.63, 3.8) is 0 Å². The smallest absolute Gasteiger partial charge is 0.135 e. The third-order valence-electron chi connectivity index (χ3n) is 6.03. The van der Waals surface area contributed by atoms with Crippen LogP contribution in [-0.2, 0) is 4.79 Å². The second kappa shape index (κ2) is 8.20. The minimum absolute atomic E-state index is 0.427. The molecule has 2 aliphatic rings. The van der Waals surface area contributed by atoms with E-state index in [9.17, 15) is 4.79 Å². The molecule has 0 amide bonds. The molecule has 2 aliphatic carbocycles. The van der Waals surface area contributed by atoms with Crippen molar-refractivity contribution in [1.82, 2.24) is 0 Å². The summed E-state index contributed by atoms with van der Waals surface area (Å²) in [6.07, 6.45) is 15.2. The van der Waals surface area contributed by atoms with Crippen LogP contribution in [0.2, 0.25) is 0 Å². The molecule has 0 spiro atoms. The number of hydrogen-bond acceptors (Lipinski definition) is 1. The molecule has 0 aromatic rings. The van der Waals surface area contributed by atoms with Crippen LogP contribution in [0.25, 0.3) is 0 Å². The van der Waals surface area contributed by atoms with Gasteiger partial charge in [0.25, 0.3) is 0 Å². The maximum atomic E-state index is 12.4. The van der Waals surface area contributed by atoms with E-state index in [1.807, 2.05) is 0 Å². The molecule has 0 aromatic carbocycles. The first-order valence-corrected chi connectivity index (χ1v) is 9.27. The Labute approximate surface area is 125 Å². The van der Waals surface area contributed by atoms with Crippen LogP contribution in [-0.4, -0.2) is 5.78 Å². The van der Waals surface area contributed by atoms with Crippen molar-refractivity contribution in [3.05, 3.63) is 0 Å². The van der Waals surface area contributed by atoms with Gasteiger partial charge in [0.2, 0.25) is 0 Å². The van der Waals surface area contributed by atoms with Crippen LogP contribution in [0.4, 0.5) is 0 Å². The molecule has 116 valence electrons. The average molecular weight is 278 g/mol. The van der Waals surface area contributed by atoms with E-state index in [0.717, 1.165) is 30.6 Å². The van der Waals surface area contributed by atoms with Crippen molar-refractivity contribution < 1.29 is 4.79 Å². The predicted octanol–water partition coefficient (Wildman–Crippen LogP) is 5.77. The summed E-state index contributed by atoms with van der Waals surface area (Å²) < 4.78 is 0. The Morgan fingerprint density at radius 2 is 1.65 bits per heavy atom. The van der Waals surface area contributed by atoms with Gasteiger partial charge in [-0.15, -0.1) is 0 Å². The maximum absolute atomic E-state index is 12.4. The van der Waals surface area contributed by atoms with Gasteiger partial charge in [-0.05, 0) is 56.3 Å². The highest BCUT2D eigenvalue weighted by Gasteiger charge is 2.36. The predicted molar refractivity (Wildman–Crippen MR) is 85.7 cm³/mol. The summed E-state index contributed by atoms with van der Waals surface area (Å²) in [6, 6.07) is 0. The molecule has 0 aromatic heterocycles. The van der Waals surface area contributed by atoms with Crippen LogP contribution in [0, 0.1) is 23.7 Å². The summed E-state index contributed by atoms with van der Waals surface area (Å²) in [7, 11) is 0. The Morgan fingerprint density at radius 3 is 2.40 bits per heavy atom. The summed E-state index contributed by atoms with van der Waals surface area (Å²) in [5.41, 5.74) is 0. The lowest BCUT2D eigenvalue weighted by Gasteiger charge is -2.41. The molecule has 2 saturated carbocycles. The molecular formula is C19H34O. The third kappa shape index (κ3) is 4.33. The molecule has 0 saturated heterocycles. The van der Waals surface area contributed by atoms with Gasteiger partial charge >= 0.3 is 0 Å². The molecule has 2 rings (SSSR count). The number of rotatable bonds is 7. The van der Waals surface area contributed by atoms with Crippen molar-refractivity contribution in [2.45, 2.75) is 90.9 Å². The number of unbranched alkanes of at least 4 members (excludes halogenated alkanes) is 3.